The number of likely N-dealkylation sites (tertiary alicyclic amines) is 1. The highest BCUT2D eigenvalue weighted by Crippen LogP contribution is 2.21. The van der Waals surface area contributed by atoms with E-state index in [-0.39, 0.29) is 25.4 Å². The molecule has 1 heterocycles. The third-order valence-corrected chi connectivity index (χ3v) is 3.01. The molecule has 6 heteroatoms. The number of Topliss-reactive ketones (excluding diaryl/α,β-unsaturated/α-hetero) is 1. The van der Waals surface area contributed by atoms with E-state index in [0.717, 1.165) is 0 Å². The minimum atomic E-state index is -0.779. The minimum absolute atomic E-state index is 0.0948. The third-order valence-electron chi connectivity index (χ3n) is 3.01. The Bertz CT molecular complexity index is 379. The first-order valence-corrected chi connectivity index (χ1v) is 6.27. The van der Waals surface area contributed by atoms with Crippen molar-refractivity contribution >= 4 is 17.8 Å². The van der Waals surface area contributed by atoms with E-state index in [9.17, 15) is 14.4 Å². The first-order valence-electron chi connectivity index (χ1n) is 6.27. The fourth-order valence-electron chi connectivity index (χ4n) is 1.99. The molecular weight excluding hydrogens is 250 g/mol. The molecule has 2 atom stereocenters. The van der Waals surface area contributed by atoms with Crippen LogP contribution in [0.4, 0.5) is 4.79 Å². The Labute approximate surface area is 112 Å². The highest BCUT2D eigenvalue weighted by atomic mass is 16.6. The van der Waals surface area contributed by atoms with Gasteiger partial charge in [-0.1, -0.05) is 12.7 Å². The maximum atomic E-state index is 12.1. The van der Waals surface area contributed by atoms with Gasteiger partial charge in [-0.2, -0.15) is 0 Å². The number of nitrogens with zero attached hydrogens (tertiary/aromatic N) is 1. The number of piperidine rings is 1. The van der Waals surface area contributed by atoms with E-state index in [1.165, 1.54) is 11.0 Å². The van der Waals surface area contributed by atoms with Crippen molar-refractivity contribution in [2.45, 2.75) is 26.3 Å². The summed E-state index contributed by atoms with van der Waals surface area (Å²) in [6.07, 6.45) is 1.16. The lowest BCUT2D eigenvalue weighted by molar-refractivity contribution is -0.155. The van der Waals surface area contributed by atoms with Gasteiger partial charge >= 0.3 is 12.1 Å². The molecule has 0 saturated carbocycles. The first-order chi connectivity index (χ1) is 9.02. The van der Waals surface area contributed by atoms with E-state index in [0.29, 0.717) is 6.54 Å². The molecule has 1 saturated heterocycles. The number of hydrogen-bond acceptors (Lipinski definition) is 5. The summed E-state index contributed by atoms with van der Waals surface area (Å²) in [5.74, 6) is -1.60. The fraction of sp³-hybridized carbons (Fsp3) is 0.615. The Hall–Kier alpha value is -1.85. The zero-order valence-corrected chi connectivity index (χ0v) is 11.3. The minimum Gasteiger partial charge on any atom is -0.465 e. The topological polar surface area (TPSA) is 72.9 Å². The van der Waals surface area contributed by atoms with Crippen molar-refractivity contribution in [2.75, 3.05) is 19.8 Å². The van der Waals surface area contributed by atoms with Crippen LogP contribution < -0.4 is 0 Å². The van der Waals surface area contributed by atoms with Gasteiger partial charge in [-0.05, 0) is 20.3 Å². The molecular formula is C13H19NO5. The lowest BCUT2D eigenvalue weighted by atomic mass is 9.90. The second-order valence-corrected chi connectivity index (χ2v) is 4.23. The van der Waals surface area contributed by atoms with Crippen LogP contribution in [0.1, 0.15) is 20.3 Å². The molecule has 19 heavy (non-hydrogen) atoms. The number of carbonyl (C=O) groups excluding carboxylic acids is 3. The average molecular weight is 269 g/mol. The first kappa shape index (κ1) is 15.2. The molecule has 106 valence electrons. The average Bonchev–Trinajstić information content (AvgIpc) is 2.39. The van der Waals surface area contributed by atoms with Gasteiger partial charge in [0.1, 0.15) is 12.5 Å². The second-order valence-electron chi connectivity index (χ2n) is 4.23. The Balaban J connectivity index is 2.66. The van der Waals surface area contributed by atoms with Gasteiger partial charge < -0.3 is 9.47 Å². The Morgan fingerprint density at radius 1 is 1.47 bits per heavy atom. The summed E-state index contributed by atoms with van der Waals surface area (Å²) in [7, 11) is 0. The summed E-state index contributed by atoms with van der Waals surface area (Å²) in [5.41, 5.74) is 0. The molecule has 0 radical (unpaired) electrons. The number of ether oxygens (including phenoxy) is 2. The van der Waals surface area contributed by atoms with E-state index < -0.39 is 24.0 Å². The molecule has 1 aliphatic rings. The van der Waals surface area contributed by atoms with E-state index >= 15 is 0 Å². The number of amides is 1. The normalized spacial score (nSPS) is 22.8. The van der Waals surface area contributed by atoms with Gasteiger partial charge in [0.2, 0.25) is 0 Å². The summed E-state index contributed by atoms with van der Waals surface area (Å²) in [5, 5.41) is 0. The van der Waals surface area contributed by atoms with Crippen molar-refractivity contribution in [3.8, 4) is 0 Å². The third kappa shape index (κ3) is 3.56. The van der Waals surface area contributed by atoms with Crippen LogP contribution in [-0.4, -0.2) is 48.5 Å². The predicted octanol–water partition coefficient (Wildman–Crippen LogP) is 1.15. The number of hydrogen-bond donors (Lipinski definition) is 0. The highest BCUT2D eigenvalue weighted by molar-refractivity contribution is 6.03. The largest absolute Gasteiger partial charge is 0.465 e. The van der Waals surface area contributed by atoms with Crippen LogP contribution in [0.3, 0.4) is 0 Å². The lowest BCUT2D eigenvalue weighted by Crippen LogP contribution is -2.52. The number of carbonyl (C=O) groups is 3. The molecule has 1 fully saturated rings. The van der Waals surface area contributed by atoms with Crippen LogP contribution in [-0.2, 0) is 19.1 Å². The standard InChI is InChI=1S/C13H19NO5/c1-4-8-19-13(17)14-7-6-10(11(15)9(14)3)12(16)18-5-2/h4,9-10H,1,5-8H2,2-3H3/t9-,10?/m0/s1. The maximum absolute atomic E-state index is 12.1. The van der Waals surface area contributed by atoms with E-state index in [1.54, 1.807) is 13.8 Å². The highest BCUT2D eigenvalue weighted by Gasteiger charge is 2.40. The molecule has 0 aromatic carbocycles. The number of esters is 1. The number of rotatable bonds is 4. The van der Waals surface area contributed by atoms with Crippen LogP contribution >= 0.6 is 0 Å². The Kier molecular flexibility index (Phi) is 5.54. The summed E-state index contributed by atoms with van der Waals surface area (Å²) in [6.45, 7) is 7.35. The van der Waals surface area contributed by atoms with Crippen LogP contribution in [0, 0.1) is 5.92 Å². The van der Waals surface area contributed by atoms with Gasteiger partial charge in [0.05, 0.1) is 12.6 Å². The SMILES string of the molecule is C=CCOC(=O)N1CCC(C(=O)OCC)C(=O)[C@@H]1C. The summed E-state index contributed by atoms with van der Waals surface area (Å²) >= 11 is 0. The number of ketones is 1. The Morgan fingerprint density at radius 2 is 2.16 bits per heavy atom. The van der Waals surface area contributed by atoms with Crippen LogP contribution in [0.2, 0.25) is 0 Å². The zero-order valence-electron chi connectivity index (χ0n) is 11.3. The van der Waals surface area contributed by atoms with Crippen molar-refractivity contribution < 1.29 is 23.9 Å². The molecule has 0 aromatic rings. The molecule has 1 unspecified atom stereocenters. The molecule has 1 rings (SSSR count). The lowest BCUT2D eigenvalue weighted by Gasteiger charge is -2.34. The molecule has 1 aliphatic heterocycles. The van der Waals surface area contributed by atoms with Crippen molar-refractivity contribution in [1.29, 1.82) is 0 Å². The van der Waals surface area contributed by atoms with Crippen molar-refractivity contribution in [1.82, 2.24) is 4.90 Å². The smallest absolute Gasteiger partial charge is 0.410 e. The molecule has 1 amide bonds. The molecule has 0 bridgehead atoms. The van der Waals surface area contributed by atoms with Gasteiger partial charge in [0, 0.05) is 6.54 Å². The quantitative estimate of drug-likeness (QED) is 0.435. The van der Waals surface area contributed by atoms with Crippen molar-refractivity contribution in [2.24, 2.45) is 5.92 Å². The molecule has 0 N–H and O–H groups in total. The monoisotopic (exact) mass is 269 g/mol. The molecule has 0 aromatic heterocycles. The van der Waals surface area contributed by atoms with Crippen LogP contribution in [0.25, 0.3) is 0 Å². The molecule has 6 nitrogen and oxygen atoms in total. The van der Waals surface area contributed by atoms with Crippen molar-refractivity contribution in [3.05, 3.63) is 12.7 Å². The molecule has 0 aliphatic carbocycles. The predicted molar refractivity (Wildman–Crippen MR) is 67.5 cm³/mol. The van der Waals surface area contributed by atoms with E-state index in [2.05, 4.69) is 6.58 Å². The zero-order chi connectivity index (χ0) is 14.4. The van der Waals surface area contributed by atoms with Crippen molar-refractivity contribution in [3.63, 3.8) is 0 Å². The maximum Gasteiger partial charge on any atom is 0.410 e. The van der Waals surface area contributed by atoms with Gasteiger partial charge in [-0.3, -0.25) is 14.5 Å². The van der Waals surface area contributed by atoms with E-state index in [1.807, 2.05) is 0 Å². The summed E-state index contributed by atoms with van der Waals surface area (Å²) in [4.78, 5) is 36.7. The van der Waals surface area contributed by atoms with Gasteiger partial charge in [-0.25, -0.2) is 4.79 Å². The van der Waals surface area contributed by atoms with Gasteiger partial charge in [0.25, 0.3) is 0 Å². The van der Waals surface area contributed by atoms with Gasteiger partial charge in [0.15, 0.2) is 5.78 Å². The van der Waals surface area contributed by atoms with Crippen LogP contribution in [0.5, 0.6) is 0 Å². The summed E-state index contributed by atoms with van der Waals surface area (Å²) < 4.78 is 9.75. The van der Waals surface area contributed by atoms with Crippen LogP contribution in [0.15, 0.2) is 12.7 Å². The van der Waals surface area contributed by atoms with Gasteiger partial charge in [-0.15, -0.1) is 0 Å². The second kappa shape index (κ2) is 6.92. The van der Waals surface area contributed by atoms with E-state index in [4.69, 9.17) is 9.47 Å². The fourth-order valence-corrected chi connectivity index (χ4v) is 1.99. The summed E-state index contributed by atoms with van der Waals surface area (Å²) in [6, 6.07) is -0.680. The Morgan fingerprint density at radius 3 is 2.74 bits per heavy atom. The molecule has 0 spiro atoms.